The lowest BCUT2D eigenvalue weighted by atomic mass is 10.3. The van der Waals surface area contributed by atoms with Crippen molar-refractivity contribution in [2.24, 2.45) is 0 Å². The Kier molecular flexibility index (Phi) is 3.35. The lowest BCUT2D eigenvalue weighted by molar-refractivity contribution is 0.480. The molecule has 0 atom stereocenters. The minimum Gasteiger partial charge on any atom is -0.429 e. The smallest absolute Gasteiger partial charge is 0.279 e. The van der Waals surface area contributed by atoms with Gasteiger partial charge in [-0.1, -0.05) is 38.9 Å². The fraction of sp³-hybridized carbons (Fsp3) is 0. The monoisotopic (exact) mass is 354 g/mol. The molecule has 0 spiro atoms. The van der Waals surface area contributed by atoms with Gasteiger partial charge in [0.15, 0.2) is 0 Å². The Morgan fingerprint density at radius 1 is 1.21 bits per heavy atom. The highest BCUT2D eigenvalue weighted by atomic mass is 79.9. The van der Waals surface area contributed by atoms with Crippen LogP contribution in [0.15, 0.2) is 40.9 Å². The van der Waals surface area contributed by atoms with Gasteiger partial charge in [-0.2, -0.15) is 0 Å². The molecular formula is C13H8BrClN2OS. The molecule has 0 unspecified atom stereocenters. The molecule has 0 aliphatic rings. The molecule has 0 fully saturated rings. The highest BCUT2D eigenvalue weighted by Crippen LogP contribution is 2.36. The fourth-order valence-electron chi connectivity index (χ4n) is 1.62. The molecule has 0 aliphatic heterocycles. The second kappa shape index (κ2) is 5.00. The number of fused-ring (bicyclic) bond motifs is 1. The number of nitrogens with zero attached hydrogens (tertiary/aromatic N) is 1. The molecule has 3 rings (SSSR count). The molecule has 2 aromatic carbocycles. The first-order valence-electron chi connectivity index (χ1n) is 5.41. The number of hydrogen-bond acceptors (Lipinski definition) is 4. The summed E-state index contributed by atoms with van der Waals surface area (Å²) in [6, 6.07) is 11.0. The van der Waals surface area contributed by atoms with Gasteiger partial charge in [0.05, 0.1) is 15.2 Å². The molecule has 0 aliphatic carbocycles. The van der Waals surface area contributed by atoms with E-state index in [9.17, 15) is 0 Å². The van der Waals surface area contributed by atoms with Gasteiger partial charge in [-0.05, 0) is 36.4 Å². The van der Waals surface area contributed by atoms with E-state index in [0.29, 0.717) is 21.7 Å². The third-order valence-electron chi connectivity index (χ3n) is 2.48. The van der Waals surface area contributed by atoms with Crippen molar-refractivity contribution in [3.8, 4) is 10.9 Å². The zero-order valence-electron chi connectivity index (χ0n) is 9.56. The Balaban J connectivity index is 1.96. The van der Waals surface area contributed by atoms with E-state index in [2.05, 4.69) is 20.9 Å². The first-order chi connectivity index (χ1) is 9.11. The molecule has 19 heavy (non-hydrogen) atoms. The average molecular weight is 356 g/mol. The fourth-order valence-corrected chi connectivity index (χ4v) is 3.20. The number of nitrogen functional groups attached to an aromatic ring is 1. The number of ether oxygens (including phenoxy) is 1. The highest BCUT2D eigenvalue weighted by molar-refractivity contribution is 9.10. The van der Waals surface area contributed by atoms with Crippen LogP contribution in [0.3, 0.4) is 0 Å². The summed E-state index contributed by atoms with van der Waals surface area (Å²) < 4.78 is 7.60. The molecule has 2 N–H and O–H groups in total. The maximum atomic E-state index is 6.11. The van der Waals surface area contributed by atoms with Crippen LogP contribution in [0.5, 0.6) is 10.9 Å². The number of thiazole rings is 1. The molecule has 0 amide bonds. The SMILES string of the molecule is Nc1ccc2nc(Oc3ccc(Br)cc3Cl)sc2c1. The lowest BCUT2D eigenvalue weighted by Crippen LogP contribution is -1.84. The van der Waals surface area contributed by atoms with E-state index in [-0.39, 0.29) is 0 Å². The minimum absolute atomic E-state index is 0.535. The highest BCUT2D eigenvalue weighted by Gasteiger charge is 2.09. The van der Waals surface area contributed by atoms with Gasteiger partial charge in [-0.3, -0.25) is 0 Å². The van der Waals surface area contributed by atoms with Crippen LogP contribution < -0.4 is 10.5 Å². The topological polar surface area (TPSA) is 48.1 Å². The standard InChI is InChI=1S/C13H8BrClN2OS/c14-7-1-4-11(9(15)5-7)18-13-17-10-3-2-8(16)6-12(10)19-13/h1-6H,16H2. The molecule has 0 radical (unpaired) electrons. The van der Waals surface area contributed by atoms with E-state index in [1.54, 1.807) is 12.1 Å². The van der Waals surface area contributed by atoms with Gasteiger partial charge in [0.2, 0.25) is 0 Å². The number of nitrogens with two attached hydrogens (primary N) is 1. The minimum atomic E-state index is 0.535. The summed E-state index contributed by atoms with van der Waals surface area (Å²) in [6.45, 7) is 0. The van der Waals surface area contributed by atoms with Crippen molar-refractivity contribution in [3.05, 3.63) is 45.9 Å². The Labute approximate surface area is 127 Å². The zero-order valence-corrected chi connectivity index (χ0v) is 12.7. The molecule has 1 aromatic heterocycles. The van der Waals surface area contributed by atoms with E-state index >= 15 is 0 Å². The molecule has 3 aromatic rings. The maximum Gasteiger partial charge on any atom is 0.279 e. The van der Waals surface area contributed by atoms with Crippen molar-refractivity contribution in [1.82, 2.24) is 4.98 Å². The van der Waals surface area contributed by atoms with Gasteiger partial charge >= 0.3 is 0 Å². The van der Waals surface area contributed by atoms with Gasteiger partial charge in [-0.25, -0.2) is 4.98 Å². The Hall–Kier alpha value is -1.30. The van der Waals surface area contributed by atoms with Crippen LogP contribution in [0.2, 0.25) is 5.02 Å². The number of rotatable bonds is 2. The van der Waals surface area contributed by atoms with Crippen LogP contribution >= 0.6 is 38.9 Å². The predicted molar refractivity (Wildman–Crippen MR) is 83.3 cm³/mol. The molecular weight excluding hydrogens is 348 g/mol. The number of anilines is 1. The van der Waals surface area contributed by atoms with Crippen molar-refractivity contribution in [2.75, 3.05) is 5.73 Å². The van der Waals surface area contributed by atoms with Crippen molar-refractivity contribution < 1.29 is 4.74 Å². The summed E-state index contributed by atoms with van der Waals surface area (Å²) in [5.41, 5.74) is 7.31. The summed E-state index contributed by atoms with van der Waals surface area (Å²) in [6.07, 6.45) is 0. The Morgan fingerprint density at radius 2 is 2.05 bits per heavy atom. The van der Waals surface area contributed by atoms with Crippen LogP contribution in [0.1, 0.15) is 0 Å². The summed E-state index contributed by atoms with van der Waals surface area (Å²) in [4.78, 5) is 4.38. The van der Waals surface area contributed by atoms with Crippen LogP contribution in [-0.4, -0.2) is 4.98 Å². The van der Waals surface area contributed by atoms with Crippen molar-refractivity contribution in [1.29, 1.82) is 0 Å². The summed E-state index contributed by atoms with van der Waals surface area (Å²) in [5, 5.41) is 1.08. The molecule has 1 heterocycles. The maximum absolute atomic E-state index is 6.11. The normalized spacial score (nSPS) is 10.8. The molecule has 3 nitrogen and oxygen atoms in total. The van der Waals surface area contributed by atoms with E-state index in [4.69, 9.17) is 22.1 Å². The molecule has 96 valence electrons. The van der Waals surface area contributed by atoms with Crippen molar-refractivity contribution in [3.63, 3.8) is 0 Å². The Morgan fingerprint density at radius 3 is 2.84 bits per heavy atom. The summed E-state index contributed by atoms with van der Waals surface area (Å²) >= 11 is 10.9. The predicted octanol–water partition coefficient (Wildman–Crippen LogP) is 5.09. The largest absolute Gasteiger partial charge is 0.429 e. The number of hydrogen-bond donors (Lipinski definition) is 1. The quantitative estimate of drug-likeness (QED) is 0.652. The second-order valence-electron chi connectivity index (χ2n) is 3.88. The molecule has 0 saturated carbocycles. The number of halogens is 2. The first-order valence-corrected chi connectivity index (χ1v) is 7.39. The van der Waals surface area contributed by atoms with Crippen molar-refractivity contribution >= 4 is 54.8 Å². The molecule has 0 bridgehead atoms. The van der Waals surface area contributed by atoms with Crippen LogP contribution in [0.25, 0.3) is 10.2 Å². The summed E-state index contributed by atoms with van der Waals surface area (Å²) in [7, 11) is 0. The van der Waals surface area contributed by atoms with E-state index < -0.39 is 0 Å². The van der Waals surface area contributed by atoms with Gasteiger partial charge in [-0.15, -0.1) is 0 Å². The number of aromatic nitrogens is 1. The third-order valence-corrected chi connectivity index (χ3v) is 4.17. The third kappa shape index (κ3) is 2.68. The van der Waals surface area contributed by atoms with Gasteiger partial charge < -0.3 is 10.5 Å². The molecule has 6 heteroatoms. The van der Waals surface area contributed by atoms with Crippen LogP contribution in [-0.2, 0) is 0 Å². The van der Waals surface area contributed by atoms with E-state index in [1.165, 1.54) is 11.3 Å². The lowest BCUT2D eigenvalue weighted by Gasteiger charge is -2.03. The average Bonchev–Trinajstić information content (AvgIpc) is 2.74. The second-order valence-corrected chi connectivity index (χ2v) is 6.20. The van der Waals surface area contributed by atoms with Crippen LogP contribution in [0.4, 0.5) is 5.69 Å². The Bertz CT molecular complexity index is 759. The molecule has 0 saturated heterocycles. The van der Waals surface area contributed by atoms with E-state index in [0.717, 1.165) is 14.7 Å². The zero-order chi connectivity index (χ0) is 13.4. The first kappa shape index (κ1) is 12.7. The van der Waals surface area contributed by atoms with Gasteiger partial charge in [0.1, 0.15) is 5.75 Å². The van der Waals surface area contributed by atoms with Gasteiger partial charge in [0.25, 0.3) is 5.19 Å². The van der Waals surface area contributed by atoms with Crippen LogP contribution in [0, 0.1) is 0 Å². The summed E-state index contributed by atoms with van der Waals surface area (Å²) in [5.74, 6) is 0.580. The van der Waals surface area contributed by atoms with Crippen molar-refractivity contribution in [2.45, 2.75) is 0 Å². The van der Waals surface area contributed by atoms with E-state index in [1.807, 2.05) is 24.3 Å². The number of benzene rings is 2. The van der Waals surface area contributed by atoms with Gasteiger partial charge in [0, 0.05) is 10.2 Å².